The smallest absolute Gasteiger partial charge is 0.276 e. The number of amides is 1. The van der Waals surface area contributed by atoms with Crippen LogP contribution in [-0.2, 0) is 6.42 Å². The van der Waals surface area contributed by atoms with Crippen molar-refractivity contribution >= 4 is 17.4 Å². The summed E-state index contributed by atoms with van der Waals surface area (Å²) in [6.45, 7) is 8.01. The molecule has 31 heavy (non-hydrogen) atoms. The van der Waals surface area contributed by atoms with Gasteiger partial charge in [0.1, 0.15) is 0 Å². The fourth-order valence-electron chi connectivity index (χ4n) is 4.48. The summed E-state index contributed by atoms with van der Waals surface area (Å²) in [4.78, 5) is 14.9. The lowest BCUT2D eigenvalue weighted by Crippen LogP contribution is -2.35. The first-order chi connectivity index (χ1) is 15.0. The van der Waals surface area contributed by atoms with Gasteiger partial charge in [0.15, 0.2) is 11.5 Å². The van der Waals surface area contributed by atoms with Crippen molar-refractivity contribution in [2.24, 2.45) is 5.92 Å². The third-order valence-electron chi connectivity index (χ3n) is 6.10. The van der Waals surface area contributed by atoms with Gasteiger partial charge in [0, 0.05) is 18.8 Å². The van der Waals surface area contributed by atoms with Gasteiger partial charge in [-0.05, 0) is 74.8 Å². The van der Waals surface area contributed by atoms with E-state index in [0.717, 1.165) is 55.0 Å². The Bertz CT molecular complexity index is 1020. The number of aromatic nitrogens is 2. The molecule has 1 aliphatic heterocycles. The zero-order chi connectivity index (χ0) is 21.8. The molecule has 5 nitrogen and oxygen atoms in total. The summed E-state index contributed by atoms with van der Waals surface area (Å²) >= 11 is 0. The molecule has 160 valence electrons. The standard InChI is InChI=1S/C26H30N4O/c1-18-15-19(2)25(20(3)16-18)27-26(31)23-9-10-24(29-28-23)30-13-11-22(12-14-30)17-21-7-5-4-6-8-21/h4-10,15-16,22H,11-14,17H2,1-3H3,(H,27,31). The lowest BCUT2D eigenvalue weighted by atomic mass is 9.90. The third-order valence-corrected chi connectivity index (χ3v) is 6.10. The molecule has 5 heteroatoms. The summed E-state index contributed by atoms with van der Waals surface area (Å²) in [5.41, 5.74) is 5.88. The molecule has 0 unspecified atom stereocenters. The molecule has 1 aliphatic rings. The van der Waals surface area contributed by atoms with Crippen LogP contribution in [0.2, 0.25) is 0 Å². The fraction of sp³-hybridized carbons (Fsp3) is 0.346. The predicted molar refractivity (Wildman–Crippen MR) is 126 cm³/mol. The number of rotatable bonds is 5. The minimum Gasteiger partial charge on any atom is -0.355 e. The minimum absolute atomic E-state index is 0.226. The van der Waals surface area contributed by atoms with Crippen molar-refractivity contribution < 1.29 is 4.79 Å². The average molecular weight is 415 g/mol. The third kappa shape index (κ3) is 5.10. The zero-order valence-corrected chi connectivity index (χ0v) is 18.6. The number of piperidine rings is 1. The van der Waals surface area contributed by atoms with Gasteiger partial charge in [-0.25, -0.2) is 0 Å². The highest BCUT2D eigenvalue weighted by atomic mass is 16.1. The quantitative estimate of drug-likeness (QED) is 0.630. The number of aryl methyl sites for hydroxylation is 3. The van der Waals surface area contributed by atoms with E-state index in [-0.39, 0.29) is 5.91 Å². The first-order valence-electron chi connectivity index (χ1n) is 11.0. The van der Waals surface area contributed by atoms with Crippen molar-refractivity contribution in [2.75, 3.05) is 23.3 Å². The van der Waals surface area contributed by atoms with Crippen LogP contribution in [0.3, 0.4) is 0 Å². The van der Waals surface area contributed by atoms with Crippen LogP contribution in [0, 0.1) is 26.7 Å². The molecular formula is C26H30N4O. The van der Waals surface area contributed by atoms with Gasteiger partial charge >= 0.3 is 0 Å². The Morgan fingerprint density at radius 2 is 1.65 bits per heavy atom. The number of nitrogens with zero attached hydrogens (tertiary/aromatic N) is 3. The Morgan fingerprint density at radius 1 is 0.968 bits per heavy atom. The second-order valence-electron chi connectivity index (χ2n) is 8.62. The van der Waals surface area contributed by atoms with Crippen molar-refractivity contribution in [3.63, 3.8) is 0 Å². The van der Waals surface area contributed by atoms with E-state index < -0.39 is 0 Å². The molecule has 0 spiro atoms. The van der Waals surface area contributed by atoms with Crippen LogP contribution in [0.5, 0.6) is 0 Å². The van der Waals surface area contributed by atoms with Crippen molar-refractivity contribution in [2.45, 2.75) is 40.0 Å². The molecule has 0 saturated carbocycles. The second-order valence-corrected chi connectivity index (χ2v) is 8.62. The molecule has 1 N–H and O–H groups in total. The number of benzene rings is 2. The molecule has 1 fully saturated rings. The fourth-order valence-corrected chi connectivity index (χ4v) is 4.48. The Hall–Kier alpha value is -3.21. The summed E-state index contributed by atoms with van der Waals surface area (Å²) in [6, 6.07) is 18.5. The van der Waals surface area contributed by atoms with Crippen molar-refractivity contribution in [3.8, 4) is 0 Å². The maximum absolute atomic E-state index is 12.7. The molecule has 1 aromatic heterocycles. The van der Waals surface area contributed by atoms with Gasteiger partial charge < -0.3 is 10.2 Å². The van der Waals surface area contributed by atoms with E-state index in [1.807, 2.05) is 19.9 Å². The molecular weight excluding hydrogens is 384 g/mol. The van der Waals surface area contributed by atoms with Crippen molar-refractivity contribution in [3.05, 3.63) is 82.5 Å². The maximum Gasteiger partial charge on any atom is 0.276 e. The summed E-state index contributed by atoms with van der Waals surface area (Å²) < 4.78 is 0. The Balaban J connectivity index is 1.35. The summed E-state index contributed by atoms with van der Waals surface area (Å²) in [5, 5.41) is 11.6. The number of hydrogen-bond donors (Lipinski definition) is 1. The van der Waals surface area contributed by atoms with Crippen LogP contribution < -0.4 is 10.2 Å². The van der Waals surface area contributed by atoms with E-state index in [0.29, 0.717) is 11.6 Å². The molecule has 0 aliphatic carbocycles. The molecule has 3 aromatic rings. The van der Waals surface area contributed by atoms with Gasteiger partial charge in [-0.3, -0.25) is 4.79 Å². The summed E-state index contributed by atoms with van der Waals surface area (Å²) in [7, 11) is 0. The Kier molecular flexibility index (Phi) is 6.31. The second kappa shape index (κ2) is 9.29. The highest BCUT2D eigenvalue weighted by Crippen LogP contribution is 2.25. The lowest BCUT2D eigenvalue weighted by Gasteiger charge is -2.32. The largest absolute Gasteiger partial charge is 0.355 e. The van der Waals surface area contributed by atoms with Crippen LogP contribution in [0.15, 0.2) is 54.6 Å². The SMILES string of the molecule is Cc1cc(C)c(NC(=O)c2ccc(N3CCC(Cc4ccccc4)CC3)nn2)c(C)c1. The molecule has 2 heterocycles. The monoisotopic (exact) mass is 414 g/mol. The van der Waals surface area contributed by atoms with E-state index in [4.69, 9.17) is 0 Å². The highest BCUT2D eigenvalue weighted by Gasteiger charge is 2.21. The first kappa shape index (κ1) is 21.0. The molecule has 1 saturated heterocycles. The summed E-state index contributed by atoms with van der Waals surface area (Å²) in [6.07, 6.45) is 3.42. The zero-order valence-electron chi connectivity index (χ0n) is 18.6. The van der Waals surface area contributed by atoms with Gasteiger partial charge in [0.25, 0.3) is 5.91 Å². The average Bonchev–Trinajstić information content (AvgIpc) is 2.77. The van der Waals surface area contributed by atoms with Crippen molar-refractivity contribution in [1.29, 1.82) is 0 Å². The van der Waals surface area contributed by atoms with Crippen molar-refractivity contribution in [1.82, 2.24) is 10.2 Å². The molecule has 2 aromatic carbocycles. The van der Waals surface area contributed by atoms with E-state index in [2.05, 4.69) is 69.8 Å². The predicted octanol–water partition coefficient (Wildman–Crippen LogP) is 5.11. The molecule has 0 atom stereocenters. The van der Waals surface area contributed by atoms with Gasteiger partial charge in [0.2, 0.25) is 0 Å². The van der Waals surface area contributed by atoms with Crippen LogP contribution in [0.4, 0.5) is 11.5 Å². The van der Waals surface area contributed by atoms with Crippen LogP contribution >= 0.6 is 0 Å². The maximum atomic E-state index is 12.7. The van der Waals surface area contributed by atoms with E-state index in [1.54, 1.807) is 6.07 Å². The van der Waals surface area contributed by atoms with Crippen LogP contribution in [0.1, 0.15) is 45.6 Å². The number of anilines is 2. The van der Waals surface area contributed by atoms with Gasteiger partial charge in [-0.1, -0.05) is 48.0 Å². The first-order valence-corrected chi connectivity index (χ1v) is 11.0. The minimum atomic E-state index is -0.226. The Morgan fingerprint density at radius 3 is 2.26 bits per heavy atom. The van der Waals surface area contributed by atoms with E-state index >= 15 is 0 Å². The van der Waals surface area contributed by atoms with Crippen LogP contribution in [0.25, 0.3) is 0 Å². The van der Waals surface area contributed by atoms with Crippen LogP contribution in [-0.4, -0.2) is 29.2 Å². The normalized spacial score (nSPS) is 14.5. The molecule has 1 amide bonds. The summed E-state index contributed by atoms with van der Waals surface area (Å²) in [5.74, 6) is 1.32. The number of hydrogen-bond acceptors (Lipinski definition) is 4. The number of carbonyl (C=O) groups is 1. The lowest BCUT2D eigenvalue weighted by molar-refractivity contribution is 0.102. The molecule has 0 bridgehead atoms. The van der Waals surface area contributed by atoms with E-state index in [1.165, 1.54) is 11.1 Å². The van der Waals surface area contributed by atoms with Gasteiger partial charge in [-0.15, -0.1) is 10.2 Å². The number of nitrogens with one attached hydrogen (secondary N) is 1. The van der Waals surface area contributed by atoms with E-state index in [9.17, 15) is 4.79 Å². The molecule has 0 radical (unpaired) electrons. The highest BCUT2D eigenvalue weighted by molar-refractivity contribution is 6.03. The molecule has 4 rings (SSSR count). The topological polar surface area (TPSA) is 58.1 Å². The Labute approximate surface area is 184 Å². The number of carbonyl (C=O) groups excluding carboxylic acids is 1. The van der Waals surface area contributed by atoms with Gasteiger partial charge in [0.05, 0.1) is 0 Å². The van der Waals surface area contributed by atoms with Gasteiger partial charge in [-0.2, -0.15) is 0 Å².